The Hall–Kier alpha value is -2.42. The van der Waals surface area contributed by atoms with Crippen LogP contribution in [0.15, 0.2) is 47.4 Å². The standard InChI is InChI=1S/C24H35N3O4S/c1-5-27(6-2)15-16-31-22-10-8-7-9-21(22)18-25-24(28)13-14-26-32(29,30)23-12-11-19(3)17-20(23)4/h7-12,17,26H,5-6,13-16,18H2,1-4H3,(H,25,28). The van der Waals surface area contributed by atoms with Crippen molar-refractivity contribution in [2.75, 3.05) is 32.8 Å². The van der Waals surface area contributed by atoms with E-state index in [1.54, 1.807) is 19.1 Å². The molecule has 0 fully saturated rings. The summed E-state index contributed by atoms with van der Waals surface area (Å²) in [6, 6.07) is 12.8. The van der Waals surface area contributed by atoms with Gasteiger partial charge in [-0.1, -0.05) is 49.7 Å². The predicted octanol–water partition coefficient (Wildman–Crippen LogP) is 3.01. The van der Waals surface area contributed by atoms with Gasteiger partial charge in [-0.25, -0.2) is 13.1 Å². The van der Waals surface area contributed by atoms with Crippen molar-refractivity contribution in [3.05, 3.63) is 59.2 Å². The number of para-hydroxylation sites is 1. The van der Waals surface area contributed by atoms with E-state index < -0.39 is 10.0 Å². The maximum absolute atomic E-state index is 12.5. The number of hydrogen-bond donors (Lipinski definition) is 2. The van der Waals surface area contributed by atoms with E-state index >= 15 is 0 Å². The minimum atomic E-state index is -3.65. The van der Waals surface area contributed by atoms with Gasteiger partial charge in [0.2, 0.25) is 15.9 Å². The second-order valence-corrected chi connectivity index (χ2v) is 9.41. The van der Waals surface area contributed by atoms with E-state index in [2.05, 4.69) is 28.8 Å². The van der Waals surface area contributed by atoms with Crippen molar-refractivity contribution in [2.45, 2.75) is 45.6 Å². The number of amides is 1. The molecule has 8 heteroatoms. The molecular weight excluding hydrogens is 426 g/mol. The second-order valence-electron chi connectivity index (χ2n) is 7.68. The van der Waals surface area contributed by atoms with Crippen molar-refractivity contribution in [2.24, 2.45) is 0 Å². The van der Waals surface area contributed by atoms with E-state index in [1.165, 1.54) is 0 Å². The zero-order valence-corrected chi connectivity index (χ0v) is 20.3. The summed E-state index contributed by atoms with van der Waals surface area (Å²) in [5.74, 6) is 0.516. The third-order valence-corrected chi connectivity index (χ3v) is 6.89. The van der Waals surface area contributed by atoms with Gasteiger partial charge in [0.25, 0.3) is 0 Å². The molecule has 0 saturated carbocycles. The summed E-state index contributed by atoms with van der Waals surface area (Å²) >= 11 is 0. The lowest BCUT2D eigenvalue weighted by Crippen LogP contribution is -2.31. The Morgan fingerprint density at radius 2 is 1.78 bits per heavy atom. The summed E-state index contributed by atoms with van der Waals surface area (Å²) in [4.78, 5) is 14.8. The minimum absolute atomic E-state index is 0.0313. The van der Waals surface area contributed by atoms with E-state index in [0.29, 0.717) is 18.7 Å². The average molecular weight is 462 g/mol. The number of likely N-dealkylation sites (N-methyl/N-ethyl adjacent to an activating group) is 1. The van der Waals surface area contributed by atoms with Crippen molar-refractivity contribution in [3.8, 4) is 5.75 Å². The van der Waals surface area contributed by atoms with Crippen LogP contribution in [-0.4, -0.2) is 52.0 Å². The fourth-order valence-electron chi connectivity index (χ4n) is 3.37. The molecule has 0 heterocycles. The normalized spacial score (nSPS) is 11.5. The van der Waals surface area contributed by atoms with Crippen LogP contribution in [-0.2, 0) is 21.4 Å². The Labute approximate surface area is 192 Å². The largest absolute Gasteiger partial charge is 0.492 e. The van der Waals surface area contributed by atoms with Crippen molar-refractivity contribution in [1.29, 1.82) is 0 Å². The summed E-state index contributed by atoms with van der Waals surface area (Å²) in [6.45, 7) is 11.6. The van der Waals surface area contributed by atoms with Gasteiger partial charge in [-0.3, -0.25) is 4.79 Å². The van der Waals surface area contributed by atoms with Crippen LogP contribution in [0.2, 0.25) is 0 Å². The lowest BCUT2D eigenvalue weighted by atomic mass is 10.2. The van der Waals surface area contributed by atoms with Gasteiger partial charge >= 0.3 is 0 Å². The SMILES string of the molecule is CCN(CC)CCOc1ccccc1CNC(=O)CCNS(=O)(=O)c1ccc(C)cc1C. The van der Waals surface area contributed by atoms with Crippen molar-refractivity contribution < 1.29 is 17.9 Å². The summed E-state index contributed by atoms with van der Waals surface area (Å²) in [5, 5.41) is 2.84. The number of nitrogens with one attached hydrogen (secondary N) is 2. The molecule has 32 heavy (non-hydrogen) atoms. The van der Waals surface area contributed by atoms with Gasteiger partial charge in [-0.15, -0.1) is 0 Å². The van der Waals surface area contributed by atoms with Crippen LogP contribution in [0.25, 0.3) is 0 Å². The first-order valence-corrected chi connectivity index (χ1v) is 12.5. The molecule has 0 spiro atoms. The maximum Gasteiger partial charge on any atom is 0.240 e. The van der Waals surface area contributed by atoms with Gasteiger partial charge in [0.15, 0.2) is 0 Å². The van der Waals surface area contributed by atoms with E-state index in [4.69, 9.17) is 4.74 Å². The summed E-state index contributed by atoms with van der Waals surface area (Å²) in [7, 11) is -3.65. The molecule has 0 atom stereocenters. The molecule has 0 aromatic heterocycles. The number of rotatable bonds is 13. The third-order valence-electron chi connectivity index (χ3n) is 5.27. The zero-order chi connectivity index (χ0) is 23.6. The van der Waals surface area contributed by atoms with Crippen LogP contribution in [0.3, 0.4) is 0 Å². The molecule has 0 unspecified atom stereocenters. The monoisotopic (exact) mass is 461 g/mol. The molecular formula is C24H35N3O4S. The molecule has 0 aliphatic heterocycles. The Morgan fingerprint density at radius 3 is 2.47 bits per heavy atom. The van der Waals surface area contributed by atoms with E-state index in [-0.39, 0.29) is 23.8 Å². The fraction of sp³-hybridized carbons (Fsp3) is 0.458. The number of nitrogens with zero attached hydrogens (tertiary/aromatic N) is 1. The highest BCUT2D eigenvalue weighted by atomic mass is 32.2. The number of benzene rings is 2. The van der Waals surface area contributed by atoms with Gasteiger partial charge < -0.3 is 15.0 Å². The second kappa shape index (κ2) is 12.6. The topological polar surface area (TPSA) is 87.7 Å². The lowest BCUT2D eigenvalue weighted by Gasteiger charge is -2.19. The molecule has 0 radical (unpaired) electrons. The zero-order valence-electron chi connectivity index (χ0n) is 19.5. The highest BCUT2D eigenvalue weighted by molar-refractivity contribution is 7.89. The first-order chi connectivity index (χ1) is 15.3. The average Bonchev–Trinajstić information content (AvgIpc) is 2.75. The van der Waals surface area contributed by atoms with E-state index in [1.807, 2.05) is 37.3 Å². The maximum atomic E-state index is 12.5. The van der Waals surface area contributed by atoms with Gasteiger partial charge in [0.1, 0.15) is 12.4 Å². The molecule has 2 aromatic rings. The molecule has 0 aliphatic rings. The molecule has 7 nitrogen and oxygen atoms in total. The van der Waals surface area contributed by atoms with Crippen molar-refractivity contribution in [3.63, 3.8) is 0 Å². The molecule has 0 bridgehead atoms. The molecule has 2 aromatic carbocycles. The lowest BCUT2D eigenvalue weighted by molar-refractivity contribution is -0.121. The van der Waals surface area contributed by atoms with Crippen LogP contribution >= 0.6 is 0 Å². The van der Waals surface area contributed by atoms with Crippen LogP contribution in [0.1, 0.15) is 37.0 Å². The molecule has 176 valence electrons. The van der Waals surface area contributed by atoms with E-state index in [0.717, 1.165) is 36.5 Å². The van der Waals surface area contributed by atoms with Crippen molar-refractivity contribution >= 4 is 15.9 Å². The molecule has 1 amide bonds. The Bertz CT molecular complexity index is 988. The first kappa shape index (κ1) is 25.8. The van der Waals surface area contributed by atoms with Gasteiger partial charge in [0, 0.05) is 31.6 Å². The number of sulfonamides is 1. The number of ether oxygens (including phenoxy) is 1. The summed E-state index contributed by atoms with van der Waals surface area (Å²) in [5.41, 5.74) is 2.56. The summed E-state index contributed by atoms with van der Waals surface area (Å²) < 4.78 is 33.4. The van der Waals surface area contributed by atoms with Crippen LogP contribution < -0.4 is 14.8 Å². The summed E-state index contributed by atoms with van der Waals surface area (Å²) in [6.07, 6.45) is 0.0507. The number of hydrogen-bond acceptors (Lipinski definition) is 5. The van der Waals surface area contributed by atoms with E-state index in [9.17, 15) is 13.2 Å². The number of carbonyl (C=O) groups excluding carboxylic acids is 1. The van der Waals surface area contributed by atoms with Crippen LogP contribution in [0.5, 0.6) is 5.75 Å². The van der Waals surface area contributed by atoms with Crippen LogP contribution in [0.4, 0.5) is 0 Å². The Kier molecular flexibility index (Phi) is 10.2. The first-order valence-electron chi connectivity index (χ1n) is 11.0. The quantitative estimate of drug-likeness (QED) is 0.479. The minimum Gasteiger partial charge on any atom is -0.492 e. The van der Waals surface area contributed by atoms with Crippen molar-refractivity contribution in [1.82, 2.24) is 14.9 Å². The van der Waals surface area contributed by atoms with Crippen LogP contribution in [0, 0.1) is 13.8 Å². The molecule has 2 rings (SSSR count). The third kappa shape index (κ3) is 7.93. The van der Waals surface area contributed by atoms with Gasteiger partial charge in [-0.2, -0.15) is 0 Å². The molecule has 0 aliphatic carbocycles. The molecule has 2 N–H and O–H groups in total. The fourth-order valence-corrected chi connectivity index (χ4v) is 4.63. The molecule has 0 saturated heterocycles. The Morgan fingerprint density at radius 1 is 1.06 bits per heavy atom. The van der Waals surface area contributed by atoms with Gasteiger partial charge in [-0.05, 0) is 44.6 Å². The highest BCUT2D eigenvalue weighted by Crippen LogP contribution is 2.18. The smallest absolute Gasteiger partial charge is 0.240 e. The highest BCUT2D eigenvalue weighted by Gasteiger charge is 2.17. The number of aryl methyl sites for hydroxylation is 2. The Balaban J connectivity index is 1.82. The number of carbonyl (C=O) groups is 1. The predicted molar refractivity (Wildman–Crippen MR) is 127 cm³/mol. The van der Waals surface area contributed by atoms with Gasteiger partial charge in [0.05, 0.1) is 4.90 Å².